The molecule has 1 saturated carbocycles. The lowest BCUT2D eigenvalue weighted by atomic mass is 9.83. The second kappa shape index (κ2) is 17.2. The molecule has 1 saturated heterocycles. The van der Waals surface area contributed by atoms with Crippen LogP contribution in [-0.4, -0.2) is 137 Å². The maximum atomic E-state index is 12.9. The van der Waals surface area contributed by atoms with Crippen LogP contribution in [0.3, 0.4) is 0 Å². The van der Waals surface area contributed by atoms with Crippen LogP contribution in [0.15, 0.2) is 11.8 Å². The summed E-state index contributed by atoms with van der Waals surface area (Å²) >= 11 is 0. The molecule has 0 aromatic rings. The number of carbonyl (C=O) groups excluding carboxylic acids is 2. The van der Waals surface area contributed by atoms with Gasteiger partial charge in [0.15, 0.2) is 12.6 Å². The Hall–Kier alpha value is -2.12. The average molecular weight is 649 g/mol. The fraction of sp³-hybridized carbons (Fsp3) is 0.862. The maximum absolute atomic E-state index is 12.9. The van der Waals surface area contributed by atoms with Crippen molar-refractivity contribution in [3.63, 3.8) is 0 Å². The highest BCUT2D eigenvalue weighted by Crippen LogP contribution is 2.31. The third-order valence-electron chi connectivity index (χ3n) is 7.54. The predicted molar refractivity (Wildman–Crippen MR) is 158 cm³/mol. The zero-order chi connectivity index (χ0) is 33.3. The number of alkyl carbamates (subject to hydrolysis) is 1. The van der Waals surface area contributed by atoms with Crippen LogP contribution in [-0.2, 0) is 28.5 Å². The number of nitrogens with one attached hydrogen (secondary N) is 3. The van der Waals surface area contributed by atoms with E-state index in [0.717, 1.165) is 0 Å². The smallest absolute Gasteiger partial charge is 0.407 e. The largest absolute Gasteiger partial charge is 0.468 e. The van der Waals surface area contributed by atoms with Crippen molar-refractivity contribution < 1.29 is 58.8 Å². The van der Waals surface area contributed by atoms with Crippen molar-refractivity contribution in [1.29, 1.82) is 0 Å². The molecule has 2 heterocycles. The third kappa shape index (κ3) is 11.9. The third-order valence-corrected chi connectivity index (χ3v) is 7.54. The van der Waals surface area contributed by atoms with Crippen molar-refractivity contribution >= 4 is 12.0 Å². The van der Waals surface area contributed by atoms with Crippen LogP contribution < -0.4 is 21.7 Å². The van der Waals surface area contributed by atoms with Crippen molar-refractivity contribution in [3.05, 3.63) is 11.8 Å². The quantitative estimate of drug-likeness (QED) is 0.104. The lowest BCUT2D eigenvalue weighted by molar-refractivity contribution is -0.282. The van der Waals surface area contributed by atoms with E-state index < -0.39 is 85.4 Å². The van der Waals surface area contributed by atoms with Gasteiger partial charge in [-0.05, 0) is 52.0 Å². The fourth-order valence-electron chi connectivity index (χ4n) is 5.32. The molecule has 10 N–H and O–H groups in total. The molecule has 16 nitrogen and oxygen atoms in total. The van der Waals surface area contributed by atoms with Crippen LogP contribution in [0.1, 0.15) is 53.4 Å². The number of rotatable bonds is 13. The average Bonchev–Trinajstić information content (AvgIpc) is 2.96. The van der Waals surface area contributed by atoms with Crippen LogP contribution >= 0.6 is 0 Å². The van der Waals surface area contributed by atoms with E-state index in [1.165, 1.54) is 0 Å². The number of amides is 2. The highest BCUT2D eigenvalue weighted by Gasteiger charge is 2.48. The molecule has 1 aliphatic carbocycles. The van der Waals surface area contributed by atoms with Gasteiger partial charge in [0.05, 0.1) is 38.4 Å². The second-order valence-corrected chi connectivity index (χ2v) is 13.0. The van der Waals surface area contributed by atoms with Crippen molar-refractivity contribution in [2.24, 2.45) is 11.7 Å². The van der Waals surface area contributed by atoms with E-state index in [2.05, 4.69) is 16.0 Å². The predicted octanol–water partition coefficient (Wildman–Crippen LogP) is -2.07. The molecule has 3 rings (SSSR count). The number of nitrogens with two attached hydrogens (primary N) is 1. The summed E-state index contributed by atoms with van der Waals surface area (Å²) in [6.07, 6.45) is -6.28. The maximum Gasteiger partial charge on any atom is 0.407 e. The first-order chi connectivity index (χ1) is 21.2. The van der Waals surface area contributed by atoms with Crippen LogP contribution in [0.2, 0.25) is 0 Å². The molecule has 260 valence electrons. The van der Waals surface area contributed by atoms with Crippen LogP contribution in [0.4, 0.5) is 4.79 Å². The van der Waals surface area contributed by atoms with E-state index in [1.807, 2.05) is 13.0 Å². The molecule has 45 heavy (non-hydrogen) atoms. The molecule has 16 heteroatoms. The zero-order valence-corrected chi connectivity index (χ0v) is 26.5. The molecule has 0 bridgehead atoms. The molecular weight excluding hydrogens is 596 g/mol. The molecule has 0 spiro atoms. The van der Waals surface area contributed by atoms with Crippen LogP contribution in [0.5, 0.6) is 0 Å². The van der Waals surface area contributed by atoms with E-state index in [-0.39, 0.29) is 32.0 Å². The topological polar surface area (TPSA) is 244 Å². The number of hydrogen-bond acceptors (Lipinski definition) is 14. The number of hydrogen-bond donors (Lipinski definition) is 9. The first-order valence-electron chi connectivity index (χ1n) is 15.5. The molecule has 3 aliphatic rings. The van der Waals surface area contributed by atoms with Gasteiger partial charge in [0.25, 0.3) is 5.91 Å². The minimum atomic E-state index is -1.65. The first kappa shape index (κ1) is 37.3. The van der Waals surface area contributed by atoms with Gasteiger partial charge in [-0.3, -0.25) is 4.79 Å². The normalized spacial score (nSPS) is 33.7. The van der Waals surface area contributed by atoms with Gasteiger partial charge in [0, 0.05) is 19.0 Å². The van der Waals surface area contributed by atoms with Crippen LogP contribution in [0, 0.1) is 5.92 Å². The summed E-state index contributed by atoms with van der Waals surface area (Å²) in [5.74, 6) is -0.183. The Bertz CT molecular complexity index is 981. The first-order valence-corrected chi connectivity index (χ1v) is 15.5. The molecular formula is C29H52N4O12. The summed E-state index contributed by atoms with van der Waals surface area (Å²) in [5, 5.41) is 59.1. The number of ether oxygens (including phenoxy) is 5. The van der Waals surface area contributed by atoms with Gasteiger partial charge < -0.3 is 70.9 Å². The van der Waals surface area contributed by atoms with Gasteiger partial charge in [-0.25, -0.2) is 4.79 Å². The van der Waals surface area contributed by atoms with Gasteiger partial charge >= 0.3 is 6.09 Å². The molecule has 11 atom stereocenters. The van der Waals surface area contributed by atoms with Crippen molar-refractivity contribution in [2.45, 2.75) is 120 Å². The van der Waals surface area contributed by atoms with Gasteiger partial charge in [-0.15, -0.1) is 0 Å². The van der Waals surface area contributed by atoms with Crippen molar-refractivity contribution in [2.75, 3.05) is 32.8 Å². The Labute approximate surface area is 263 Å². The molecule has 0 radical (unpaired) electrons. The minimum absolute atomic E-state index is 0.0690. The zero-order valence-electron chi connectivity index (χ0n) is 26.5. The standard InChI is InChI=1S/C29H52N4O12/c1-15-8-20(36)27(41-14-15)44-25-19(33-26(39)21(37)12-32-28(40)45-29(2,3)4)9-18(30)24(23(25)38)43-22-7-5-6-17(42-22)11-31-10-16(35)13-34/h6,15-16,18-25,27,31,34-38H,5,7-14,30H2,1-4H3,(H,32,40)(H,33,39)/t15-,16?,18-,19+,20+,21+,22+,23-,24+,25-,27+/m0/s1. The Balaban J connectivity index is 1.66. The number of aliphatic hydroxyl groups excluding tert-OH is 5. The molecule has 1 unspecified atom stereocenters. The summed E-state index contributed by atoms with van der Waals surface area (Å²) in [5.41, 5.74) is 5.68. The van der Waals surface area contributed by atoms with Gasteiger partial charge in [0.2, 0.25) is 0 Å². The summed E-state index contributed by atoms with van der Waals surface area (Å²) in [6, 6.07) is -1.71. The molecule has 2 aliphatic heterocycles. The summed E-state index contributed by atoms with van der Waals surface area (Å²) in [4.78, 5) is 24.9. The van der Waals surface area contributed by atoms with E-state index in [0.29, 0.717) is 31.6 Å². The Morgan fingerprint density at radius 3 is 2.53 bits per heavy atom. The van der Waals surface area contributed by atoms with E-state index in [4.69, 9.17) is 34.5 Å². The molecule has 0 aromatic heterocycles. The highest BCUT2D eigenvalue weighted by molar-refractivity contribution is 5.81. The molecule has 2 fully saturated rings. The fourth-order valence-corrected chi connectivity index (χ4v) is 5.32. The number of carbonyl (C=O) groups is 2. The monoisotopic (exact) mass is 648 g/mol. The van der Waals surface area contributed by atoms with Gasteiger partial charge in [-0.1, -0.05) is 6.92 Å². The Morgan fingerprint density at radius 2 is 1.87 bits per heavy atom. The lowest BCUT2D eigenvalue weighted by Crippen LogP contribution is -2.66. The summed E-state index contributed by atoms with van der Waals surface area (Å²) < 4.78 is 29.0. The van der Waals surface area contributed by atoms with E-state index in [1.54, 1.807) is 20.8 Å². The van der Waals surface area contributed by atoms with E-state index in [9.17, 15) is 30.0 Å². The van der Waals surface area contributed by atoms with Gasteiger partial charge in [0.1, 0.15) is 41.9 Å². The van der Waals surface area contributed by atoms with Crippen molar-refractivity contribution in [1.82, 2.24) is 16.0 Å². The highest BCUT2D eigenvalue weighted by atomic mass is 16.7. The minimum Gasteiger partial charge on any atom is -0.468 e. The Morgan fingerprint density at radius 1 is 1.13 bits per heavy atom. The molecule has 2 amide bonds. The Kier molecular flexibility index (Phi) is 14.2. The number of allylic oxidation sites excluding steroid dienone is 1. The van der Waals surface area contributed by atoms with Crippen molar-refractivity contribution in [3.8, 4) is 0 Å². The molecule has 0 aromatic carbocycles. The SMILES string of the molecule is C[C@@H]1CO[C@H](O[C@@H]2[C@@H](O)[C@H](O[C@@H]3CCC=C(CNCC(O)CO)O3)[C@@H](N)C[C@H]2NC(=O)[C@H](O)CNC(=O)OC(C)(C)C)[C@H](O)C1. The van der Waals surface area contributed by atoms with Crippen LogP contribution in [0.25, 0.3) is 0 Å². The number of aliphatic hydroxyl groups is 5. The van der Waals surface area contributed by atoms with E-state index >= 15 is 0 Å². The van der Waals surface area contributed by atoms with Gasteiger partial charge in [-0.2, -0.15) is 0 Å². The summed E-state index contributed by atoms with van der Waals surface area (Å²) in [7, 11) is 0. The lowest BCUT2D eigenvalue weighted by Gasteiger charge is -2.46. The second-order valence-electron chi connectivity index (χ2n) is 13.0. The summed E-state index contributed by atoms with van der Waals surface area (Å²) in [6.45, 7) is 6.94.